The molecule has 1 fully saturated rings. The van der Waals surface area contributed by atoms with Gasteiger partial charge in [-0.25, -0.2) is 8.78 Å². The number of benzene rings is 1. The summed E-state index contributed by atoms with van der Waals surface area (Å²) in [6.07, 6.45) is 0.966. The Bertz CT molecular complexity index is 351. The summed E-state index contributed by atoms with van der Waals surface area (Å²) in [6.45, 7) is 3.87. The Morgan fingerprint density at radius 2 is 2.20 bits per heavy atom. The van der Waals surface area contributed by atoms with Gasteiger partial charge in [-0.2, -0.15) is 0 Å². The lowest BCUT2D eigenvalue weighted by molar-refractivity contribution is 0.496. The normalized spacial score (nSPS) is 24.2. The Hall–Kier alpha value is -0.960. The first-order chi connectivity index (χ1) is 7.24. The lowest BCUT2D eigenvalue weighted by Gasteiger charge is -2.03. The molecule has 1 nitrogen and oxygen atoms in total. The van der Waals surface area contributed by atoms with Gasteiger partial charge in [-0.3, -0.25) is 0 Å². The second-order valence-electron chi connectivity index (χ2n) is 4.05. The maximum atomic E-state index is 13.4. The van der Waals surface area contributed by atoms with Crippen molar-refractivity contribution in [3.8, 4) is 0 Å². The van der Waals surface area contributed by atoms with Crippen molar-refractivity contribution < 1.29 is 8.78 Å². The molecule has 1 aromatic carbocycles. The van der Waals surface area contributed by atoms with Crippen LogP contribution in [0.25, 0.3) is 0 Å². The Balaban J connectivity index is 2.03. The van der Waals surface area contributed by atoms with E-state index in [1.165, 1.54) is 6.07 Å². The van der Waals surface area contributed by atoms with Gasteiger partial charge in [-0.1, -0.05) is 19.1 Å². The first-order valence-corrected chi connectivity index (χ1v) is 5.38. The lowest BCUT2D eigenvalue weighted by Crippen LogP contribution is -2.16. The molecule has 0 heterocycles. The summed E-state index contributed by atoms with van der Waals surface area (Å²) in [4.78, 5) is 0. The fraction of sp³-hybridized carbons (Fsp3) is 0.500. The molecule has 1 saturated carbocycles. The topological polar surface area (TPSA) is 12.0 Å². The summed E-state index contributed by atoms with van der Waals surface area (Å²) in [6, 6.07) is 4.44. The van der Waals surface area contributed by atoms with Crippen LogP contribution in [0, 0.1) is 17.6 Å². The molecule has 82 valence electrons. The zero-order valence-corrected chi connectivity index (χ0v) is 8.76. The lowest BCUT2D eigenvalue weighted by atomic mass is 10.1. The van der Waals surface area contributed by atoms with Gasteiger partial charge in [-0.15, -0.1) is 0 Å². The highest BCUT2D eigenvalue weighted by Crippen LogP contribution is 2.47. The average Bonchev–Trinajstić information content (AvgIpc) is 2.98. The molecule has 1 N–H and O–H groups in total. The van der Waals surface area contributed by atoms with Crippen molar-refractivity contribution in [1.82, 2.24) is 5.32 Å². The van der Waals surface area contributed by atoms with Crippen LogP contribution in [0.2, 0.25) is 0 Å². The van der Waals surface area contributed by atoms with Crippen molar-refractivity contribution in [2.75, 3.05) is 13.1 Å². The molecule has 1 aliphatic carbocycles. The van der Waals surface area contributed by atoms with Gasteiger partial charge < -0.3 is 5.32 Å². The molecule has 3 heteroatoms. The van der Waals surface area contributed by atoms with E-state index in [0.29, 0.717) is 11.5 Å². The van der Waals surface area contributed by atoms with Crippen LogP contribution >= 0.6 is 0 Å². The molecule has 2 unspecified atom stereocenters. The zero-order chi connectivity index (χ0) is 10.8. The average molecular weight is 211 g/mol. The van der Waals surface area contributed by atoms with Crippen LogP contribution in [0.3, 0.4) is 0 Å². The van der Waals surface area contributed by atoms with E-state index in [1.807, 2.05) is 6.92 Å². The second kappa shape index (κ2) is 4.27. The third-order valence-electron chi connectivity index (χ3n) is 2.96. The number of hydrogen-bond donors (Lipinski definition) is 1. The van der Waals surface area contributed by atoms with Crippen LogP contribution in [0.15, 0.2) is 18.2 Å². The predicted molar refractivity (Wildman–Crippen MR) is 55.7 cm³/mol. The fourth-order valence-corrected chi connectivity index (χ4v) is 1.99. The second-order valence-corrected chi connectivity index (χ2v) is 4.05. The van der Waals surface area contributed by atoms with Gasteiger partial charge in [0.05, 0.1) is 0 Å². The fourth-order valence-electron chi connectivity index (χ4n) is 1.99. The summed E-state index contributed by atoms with van der Waals surface area (Å²) >= 11 is 0. The van der Waals surface area contributed by atoms with Gasteiger partial charge in [0.1, 0.15) is 0 Å². The number of nitrogens with one attached hydrogen (secondary N) is 1. The minimum Gasteiger partial charge on any atom is -0.317 e. The molecule has 0 amide bonds. The van der Waals surface area contributed by atoms with E-state index in [-0.39, 0.29) is 5.92 Å². The molecule has 2 rings (SSSR count). The van der Waals surface area contributed by atoms with Crippen LogP contribution in [0.5, 0.6) is 0 Å². The van der Waals surface area contributed by atoms with E-state index in [4.69, 9.17) is 0 Å². The molecule has 0 bridgehead atoms. The molecular formula is C12H15F2N. The van der Waals surface area contributed by atoms with E-state index >= 15 is 0 Å². The van der Waals surface area contributed by atoms with Gasteiger partial charge in [0.25, 0.3) is 0 Å². The van der Waals surface area contributed by atoms with E-state index < -0.39 is 11.6 Å². The minimum absolute atomic E-state index is 0.208. The SMILES string of the molecule is CCNCC1CC1c1cccc(F)c1F. The highest BCUT2D eigenvalue weighted by molar-refractivity contribution is 5.28. The van der Waals surface area contributed by atoms with Crippen LogP contribution in [0.1, 0.15) is 24.8 Å². The molecule has 0 saturated heterocycles. The molecule has 0 spiro atoms. The van der Waals surface area contributed by atoms with Gasteiger partial charge in [-0.05, 0) is 43.0 Å². The van der Waals surface area contributed by atoms with Crippen molar-refractivity contribution in [1.29, 1.82) is 0 Å². The number of halogens is 2. The van der Waals surface area contributed by atoms with Gasteiger partial charge >= 0.3 is 0 Å². The first kappa shape index (κ1) is 10.6. The summed E-state index contributed by atoms with van der Waals surface area (Å²) in [5.74, 6) is -0.718. The Kier molecular flexibility index (Phi) is 3.00. The van der Waals surface area contributed by atoms with Crippen molar-refractivity contribution in [2.24, 2.45) is 5.92 Å². The standard InChI is InChI=1S/C12H15F2N/c1-2-15-7-8-6-10(8)9-4-3-5-11(13)12(9)14/h3-5,8,10,15H,2,6-7H2,1H3. The van der Waals surface area contributed by atoms with Gasteiger partial charge in [0, 0.05) is 0 Å². The molecule has 15 heavy (non-hydrogen) atoms. The molecule has 0 radical (unpaired) electrons. The van der Waals surface area contributed by atoms with Crippen molar-refractivity contribution in [2.45, 2.75) is 19.3 Å². The molecule has 1 aliphatic rings. The predicted octanol–water partition coefficient (Wildman–Crippen LogP) is 2.68. The molecule has 0 aromatic heterocycles. The van der Waals surface area contributed by atoms with Crippen molar-refractivity contribution in [3.05, 3.63) is 35.4 Å². The highest BCUT2D eigenvalue weighted by Gasteiger charge is 2.39. The Morgan fingerprint density at radius 1 is 1.40 bits per heavy atom. The maximum Gasteiger partial charge on any atom is 0.162 e. The smallest absolute Gasteiger partial charge is 0.162 e. The number of hydrogen-bond acceptors (Lipinski definition) is 1. The van der Waals surface area contributed by atoms with Gasteiger partial charge in [0.15, 0.2) is 11.6 Å². The van der Waals surface area contributed by atoms with Crippen LogP contribution < -0.4 is 5.32 Å². The largest absolute Gasteiger partial charge is 0.317 e. The van der Waals surface area contributed by atoms with Crippen LogP contribution in [-0.4, -0.2) is 13.1 Å². The number of rotatable bonds is 4. The molecular weight excluding hydrogens is 196 g/mol. The first-order valence-electron chi connectivity index (χ1n) is 5.38. The summed E-state index contributed by atoms with van der Waals surface area (Å²) in [5.41, 5.74) is 0.540. The summed E-state index contributed by atoms with van der Waals surface area (Å²) in [5, 5.41) is 3.23. The van der Waals surface area contributed by atoms with Crippen LogP contribution in [-0.2, 0) is 0 Å². The molecule has 1 aromatic rings. The third kappa shape index (κ3) is 2.17. The van der Waals surface area contributed by atoms with E-state index in [9.17, 15) is 8.78 Å². The third-order valence-corrected chi connectivity index (χ3v) is 2.96. The monoisotopic (exact) mass is 211 g/mol. The van der Waals surface area contributed by atoms with E-state index in [1.54, 1.807) is 12.1 Å². The zero-order valence-electron chi connectivity index (χ0n) is 8.76. The Labute approximate surface area is 88.5 Å². The van der Waals surface area contributed by atoms with Gasteiger partial charge in [0.2, 0.25) is 0 Å². The van der Waals surface area contributed by atoms with Crippen molar-refractivity contribution >= 4 is 0 Å². The summed E-state index contributed by atoms with van der Waals surface area (Å²) in [7, 11) is 0. The van der Waals surface area contributed by atoms with E-state index in [0.717, 1.165) is 19.5 Å². The minimum atomic E-state index is -0.735. The molecule has 2 atom stereocenters. The van der Waals surface area contributed by atoms with Crippen molar-refractivity contribution in [3.63, 3.8) is 0 Å². The highest BCUT2D eigenvalue weighted by atomic mass is 19.2. The quantitative estimate of drug-likeness (QED) is 0.807. The maximum absolute atomic E-state index is 13.4. The summed E-state index contributed by atoms with van der Waals surface area (Å²) < 4.78 is 26.3. The molecule has 0 aliphatic heterocycles. The van der Waals surface area contributed by atoms with E-state index in [2.05, 4.69) is 5.32 Å². The van der Waals surface area contributed by atoms with Crippen LogP contribution in [0.4, 0.5) is 8.78 Å². The Morgan fingerprint density at radius 3 is 2.93 bits per heavy atom.